The van der Waals surface area contributed by atoms with Crippen LogP contribution in [0.1, 0.15) is 31.8 Å². The Morgan fingerprint density at radius 2 is 1.62 bits per heavy atom. The number of rotatable bonds is 10. The van der Waals surface area contributed by atoms with Crippen LogP contribution in [-0.4, -0.2) is 44.5 Å². The molecule has 9 heteroatoms. The van der Waals surface area contributed by atoms with Crippen molar-refractivity contribution in [3.63, 3.8) is 0 Å². The number of methoxy groups -OCH3 is 2. The molecule has 0 atom stereocenters. The van der Waals surface area contributed by atoms with Gasteiger partial charge in [-0.1, -0.05) is 35.3 Å². The van der Waals surface area contributed by atoms with E-state index in [1.165, 1.54) is 26.6 Å². The molecule has 0 saturated heterocycles. The van der Waals surface area contributed by atoms with Crippen molar-refractivity contribution < 1.29 is 23.8 Å². The average molecular weight is 503 g/mol. The van der Waals surface area contributed by atoms with Gasteiger partial charge >= 0.3 is 0 Å². The molecule has 0 spiro atoms. The molecule has 0 saturated carbocycles. The number of hydrogen-bond acceptors (Lipinski definition) is 6. The zero-order valence-corrected chi connectivity index (χ0v) is 20.5. The predicted octanol–water partition coefficient (Wildman–Crippen LogP) is 4.81. The number of hydrogen-bond donors (Lipinski definition) is 1. The second-order valence-corrected chi connectivity index (χ2v) is 8.05. The molecule has 0 unspecified atom stereocenters. The lowest BCUT2D eigenvalue weighted by molar-refractivity contribution is 0.0960. The van der Waals surface area contributed by atoms with Crippen LogP contribution >= 0.6 is 23.2 Å². The van der Waals surface area contributed by atoms with E-state index in [1.807, 2.05) is 12.1 Å². The lowest BCUT2D eigenvalue weighted by atomic mass is 10.0. The number of carbonyl (C=O) groups is 2. The average Bonchev–Trinajstić information content (AvgIpc) is 2.85. The van der Waals surface area contributed by atoms with Gasteiger partial charge in [0.05, 0.1) is 36.4 Å². The highest BCUT2D eigenvalue weighted by Gasteiger charge is 2.23. The smallest absolute Gasteiger partial charge is 0.251 e. The minimum Gasteiger partial charge on any atom is -0.493 e. The van der Waals surface area contributed by atoms with Crippen molar-refractivity contribution in [1.29, 1.82) is 0 Å². The van der Waals surface area contributed by atoms with Crippen molar-refractivity contribution in [3.8, 4) is 17.2 Å². The van der Waals surface area contributed by atoms with E-state index in [2.05, 4.69) is 10.3 Å². The Morgan fingerprint density at radius 1 is 0.941 bits per heavy atom. The number of nitrogens with zero attached hydrogens (tertiary/aromatic N) is 1. The van der Waals surface area contributed by atoms with Crippen LogP contribution in [0.25, 0.3) is 0 Å². The summed E-state index contributed by atoms with van der Waals surface area (Å²) in [6.07, 6.45) is 3.39. The summed E-state index contributed by atoms with van der Waals surface area (Å²) in [4.78, 5) is 28.9. The second-order valence-electron chi connectivity index (χ2n) is 7.23. The number of Topliss-reactive ketones (excluding diaryl/α,β-unsaturated/α-hetero) is 1. The number of carbonyl (C=O) groups excluding carboxylic acids is 2. The minimum absolute atomic E-state index is 0.0347. The first-order valence-corrected chi connectivity index (χ1v) is 11.1. The maximum absolute atomic E-state index is 13.2. The number of halogens is 2. The molecule has 0 fully saturated rings. The molecule has 0 radical (unpaired) electrons. The maximum atomic E-state index is 13.2. The van der Waals surface area contributed by atoms with Crippen LogP contribution in [0.5, 0.6) is 17.2 Å². The van der Waals surface area contributed by atoms with E-state index >= 15 is 0 Å². The Labute approximate surface area is 208 Å². The van der Waals surface area contributed by atoms with Crippen LogP contribution in [-0.2, 0) is 12.8 Å². The molecular weight excluding hydrogens is 479 g/mol. The highest BCUT2D eigenvalue weighted by atomic mass is 35.5. The van der Waals surface area contributed by atoms with Gasteiger partial charge in [0.2, 0.25) is 5.75 Å². The lowest BCUT2D eigenvalue weighted by Crippen LogP contribution is -2.17. The Morgan fingerprint density at radius 3 is 2.21 bits per heavy atom. The molecular formula is C25H24Cl2N2O5. The fourth-order valence-electron chi connectivity index (χ4n) is 3.36. The van der Waals surface area contributed by atoms with Gasteiger partial charge in [0.25, 0.3) is 5.91 Å². The molecule has 1 aromatic heterocycles. The van der Waals surface area contributed by atoms with Crippen LogP contribution in [0, 0.1) is 0 Å². The summed E-state index contributed by atoms with van der Waals surface area (Å²) in [7, 11) is 4.57. The zero-order chi connectivity index (χ0) is 24.7. The third kappa shape index (κ3) is 5.79. The summed E-state index contributed by atoms with van der Waals surface area (Å²) in [5.74, 6) is 0.622. The Kier molecular flexibility index (Phi) is 8.73. The van der Waals surface area contributed by atoms with Gasteiger partial charge in [0.15, 0.2) is 17.3 Å². The lowest BCUT2D eigenvalue weighted by Gasteiger charge is -2.17. The quantitative estimate of drug-likeness (QED) is 0.400. The first-order valence-electron chi connectivity index (χ1n) is 10.4. The van der Waals surface area contributed by atoms with Crippen LogP contribution in [0.3, 0.4) is 0 Å². The Balaban J connectivity index is 1.83. The summed E-state index contributed by atoms with van der Waals surface area (Å²) in [5, 5.41) is 3.21. The normalized spacial score (nSPS) is 10.5. The first-order chi connectivity index (χ1) is 16.4. The summed E-state index contributed by atoms with van der Waals surface area (Å²) in [6, 6.07) is 10.5. The van der Waals surface area contributed by atoms with Gasteiger partial charge in [-0.3, -0.25) is 14.6 Å². The zero-order valence-electron chi connectivity index (χ0n) is 19.0. The van der Waals surface area contributed by atoms with E-state index < -0.39 is 0 Å². The van der Waals surface area contributed by atoms with Gasteiger partial charge in [-0.25, -0.2) is 0 Å². The predicted molar refractivity (Wildman–Crippen MR) is 131 cm³/mol. The van der Waals surface area contributed by atoms with Crippen molar-refractivity contribution >= 4 is 34.9 Å². The monoisotopic (exact) mass is 502 g/mol. The van der Waals surface area contributed by atoms with Crippen molar-refractivity contribution in [2.45, 2.75) is 12.8 Å². The van der Waals surface area contributed by atoms with Crippen LogP contribution in [0.2, 0.25) is 10.0 Å². The van der Waals surface area contributed by atoms with Crippen molar-refractivity contribution in [2.24, 2.45) is 0 Å². The molecule has 0 bridgehead atoms. The van der Waals surface area contributed by atoms with Gasteiger partial charge in [0, 0.05) is 43.4 Å². The van der Waals surface area contributed by atoms with Crippen LogP contribution < -0.4 is 19.5 Å². The third-order valence-electron chi connectivity index (χ3n) is 5.17. The summed E-state index contributed by atoms with van der Waals surface area (Å²) >= 11 is 12.4. The molecule has 0 aliphatic rings. The highest BCUT2D eigenvalue weighted by Crippen LogP contribution is 2.41. The van der Waals surface area contributed by atoms with Crippen molar-refractivity contribution in [1.82, 2.24) is 10.3 Å². The third-order valence-corrected chi connectivity index (χ3v) is 5.82. The molecule has 1 amide bonds. The molecule has 0 aliphatic heterocycles. The molecule has 3 aromatic rings. The van der Waals surface area contributed by atoms with E-state index in [-0.39, 0.29) is 30.5 Å². The van der Waals surface area contributed by atoms with Crippen molar-refractivity contribution in [3.05, 3.63) is 81.1 Å². The van der Waals surface area contributed by atoms with E-state index in [0.29, 0.717) is 44.7 Å². The van der Waals surface area contributed by atoms with Crippen LogP contribution in [0.4, 0.5) is 0 Å². The molecule has 178 valence electrons. The molecule has 3 rings (SSSR count). The number of nitrogens with one attached hydrogen (secondary N) is 1. The summed E-state index contributed by atoms with van der Waals surface area (Å²) in [5.41, 5.74) is 2.34. The van der Waals surface area contributed by atoms with Gasteiger partial charge in [-0.2, -0.15) is 0 Å². The van der Waals surface area contributed by atoms with Gasteiger partial charge < -0.3 is 19.5 Å². The number of aromatic nitrogens is 1. The molecule has 0 aliphatic carbocycles. The molecule has 1 N–H and O–H groups in total. The fourth-order valence-corrected chi connectivity index (χ4v) is 3.86. The van der Waals surface area contributed by atoms with Gasteiger partial charge in [-0.05, 0) is 29.8 Å². The SMILES string of the molecule is CNC(=O)c1ccc(CCOc2c(C(=O)Cc3c(Cl)cncc3Cl)ccc(OC)c2OC)cc1. The van der Waals surface area contributed by atoms with Crippen LogP contribution in [0.15, 0.2) is 48.8 Å². The number of amides is 1. The molecule has 7 nitrogen and oxygen atoms in total. The Bertz CT molecular complexity index is 1160. The topological polar surface area (TPSA) is 86.8 Å². The fraction of sp³-hybridized carbons (Fsp3) is 0.240. The van der Waals surface area contributed by atoms with E-state index in [9.17, 15) is 9.59 Å². The minimum atomic E-state index is -0.249. The molecule has 1 heterocycles. The Hall–Kier alpha value is -3.29. The molecule has 34 heavy (non-hydrogen) atoms. The standard InChI is InChI=1S/C25H24Cl2N2O5/c1-28-25(31)16-6-4-15(5-7-16)10-11-34-23-17(8-9-22(32-2)24(23)33-3)21(30)12-18-19(26)13-29-14-20(18)27/h4-9,13-14H,10-12H2,1-3H3,(H,28,31). The van der Waals surface area contributed by atoms with E-state index in [0.717, 1.165) is 5.56 Å². The van der Waals surface area contributed by atoms with E-state index in [1.54, 1.807) is 31.3 Å². The number of pyridine rings is 1. The largest absolute Gasteiger partial charge is 0.493 e. The summed E-state index contributed by atoms with van der Waals surface area (Å²) < 4.78 is 16.9. The second kappa shape index (κ2) is 11.7. The summed E-state index contributed by atoms with van der Waals surface area (Å²) in [6.45, 7) is 0.264. The van der Waals surface area contributed by atoms with E-state index in [4.69, 9.17) is 37.4 Å². The number of ether oxygens (including phenoxy) is 3. The number of ketones is 1. The maximum Gasteiger partial charge on any atom is 0.251 e. The van der Waals surface area contributed by atoms with Gasteiger partial charge in [-0.15, -0.1) is 0 Å². The van der Waals surface area contributed by atoms with Gasteiger partial charge in [0.1, 0.15) is 0 Å². The van der Waals surface area contributed by atoms with Crippen molar-refractivity contribution in [2.75, 3.05) is 27.9 Å². The highest BCUT2D eigenvalue weighted by molar-refractivity contribution is 6.36. The molecule has 2 aromatic carbocycles. The number of benzene rings is 2. The first kappa shape index (κ1) is 25.3.